The second-order valence-corrected chi connectivity index (χ2v) is 7.48. The van der Waals surface area contributed by atoms with Crippen molar-refractivity contribution in [1.82, 2.24) is 15.1 Å². The summed E-state index contributed by atoms with van der Waals surface area (Å²) in [6.07, 6.45) is 5.24. The van der Waals surface area contributed by atoms with Crippen LogP contribution in [-0.4, -0.2) is 74.4 Å². The van der Waals surface area contributed by atoms with Gasteiger partial charge in [0, 0.05) is 58.0 Å². The molecule has 0 radical (unpaired) electrons. The van der Waals surface area contributed by atoms with Crippen LogP contribution in [0.2, 0.25) is 0 Å². The number of nitrogens with one attached hydrogen (secondary N) is 1. The van der Waals surface area contributed by atoms with Crippen LogP contribution in [0, 0.1) is 5.41 Å². The Balaban J connectivity index is 1.55. The molecule has 21 heavy (non-hydrogen) atoms. The topological polar surface area (TPSA) is 27.7 Å². The van der Waals surface area contributed by atoms with Gasteiger partial charge in [0.25, 0.3) is 0 Å². The summed E-state index contributed by atoms with van der Waals surface area (Å²) in [5.74, 6) is 0. The van der Waals surface area contributed by atoms with Gasteiger partial charge in [0.15, 0.2) is 0 Å². The molecule has 0 aromatic rings. The lowest BCUT2D eigenvalue weighted by Gasteiger charge is -2.46. The smallest absolute Gasteiger partial charge is 0.0472 e. The molecule has 1 saturated carbocycles. The molecule has 2 aliphatic heterocycles. The molecule has 0 amide bonds. The summed E-state index contributed by atoms with van der Waals surface area (Å²) in [4.78, 5) is 5.33. The summed E-state index contributed by atoms with van der Waals surface area (Å²) >= 11 is 0. The average molecular weight is 295 g/mol. The van der Waals surface area contributed by atoms with E-state index in [1.54, 1.807) is 0 Å². The molecule has 1 aliphatic carbocycles. The van der Waals surface area contributed by atoms with Crippen molar-refractivity contribution in [3.05, 3.63) is 0 Å². The van der Waals surface area contributed by atoms with Gasteiger partial charge in [-0.3, -0.25) is 9.80 Å². The van der Waals surface area contributed by atoms with E-state index in [-0.39, 0.29) is 0 Å². The Morgan fingerprint density at radius 3 is 2.57 bits per heavy atom. The molecule has 0 aromatic heterocycles. The van der Waals surface area contributed by atoms with Crippen LogP contribution in [0.3, 0.4) is 0 Å². The number of nitrogens with zero attached hydrogens (tertiary/aromatic N) is 2. The summed E-state index contributed by atoms with van der Waals surface area (Å²) in [6, 6.07) is 1.53. The highest BCUT2D eigenvalue weighted by molar-refractivity contribution is 4.92. The maximum atomic E-state index is 5.64. The molecule has 0 spiro atoms. The van der Waals surface area contributed by atoms with E-state index < -0.39 is 0 Å². The second kappa shape index (κ2) is 6.95. The third-order valence-electron chi connectivity index (χ3n) is 5.71. The van der Waals surface area contributed by atoms with E-state index in [1.165, 1.54) is 65.0 Å². The van der Waals surface area contributed by atoms with Crippen molar-refractivity contribution in [2.45, 2.75) is 51.6 Å². The average Bonchev–Trinajstić information content (AvgIpc) is 3.31. The fourth-order valence-electron chi connectivity index (χ4n) is 4.00. The van der Waals surface area contributed by atoms with E-state index in [4.69, 9.17) is 4.74 Å². The van der Waals surface area contributed by atoms with E-state index in [0.717, 1.165) is 19.3 Å². The third kappa shape index (κ3) is 4.19. The number of hydrogen-bond acceptors (Lipinski definition) is 4. The molecule has 3 aliphatic rings. The fourth-order valence-corrected chi connectivity index (χ4v) is 4.00. The first-order valence-electron chi connectivity index (χ1n) is 8.98. The van der Waals surface area contributed by atoms with E-state index in [0.29, 0.717) is 11.5 Å². The maximum absolute atomic E-state index is 5.64. The highest BCUT2D eigenvalue weighted by Gasteiger charge is 2.37. The predicted molar refractivity (Wildman–Crippen MR) is 86.7 cm³/mol. The van der Waals surface area contributed by atoms with Crippen molar-refractivity contribution in [2.75, 3.05) is 52.5 Å². The predicted octanol–water partition coefficient (Wildman–Crippen LogP) is 1.56. The molecule has 4 heteroatoms. The highest BCUT2D eigenvalue weighted by Crippen LogP contribution is 2.33. The number of likely N-dealkylation sites (N-methyl/N-ethyl adjacent to an activating group) is 1. The van der Waals surface area contributed by atoms with E-state index in [1.807, 2.05) is 0 Å². The molecule has 3 fully saturated rings. The summed E-state index contributed by atoms with van der Waals surface area (Å²) in [5, 5.41) is 3.80. The molecule has 1 atom stereocenters. The van der Waals surface area contributed by atoms with E-state index in [9.17, 15) is 0 Å². The van der Waals surface area contributed by atoms with Crippen molar-refractivity contribution in [2.24, 2.45) is 5.41 Å². The molecular weight excluding hydrogens is 262 g/mol. The van der Waals surface area contributed by atoms with Crippen LogP contribution in [0.15, 0.2) is 0 Å². The zero-order chi connectivity index (χ0) is 14.7. The van der Waals surface area contributed by atoms with Crippen LogP contribution in [-0.2, 0) is 4.74 Å². The number of piperazine rings is 1. The summed E-state index contributed by atoms with van der Waals surface area (Å²) < 4.78 is 5.64. The molecule has 0 bridgehead atoms. The monoisotopic (exact) mass is 295 g/mol. The minimum atomic E-state index is 0.453. The van der Waals surface area contributed by atoms with Crippen molar-refractivity contribution in [3.8, 4) is 0 Å². The summed E-state index contributed by atoms with van der Waals surface area (Å²) in [6.45, 7) is 13.9. The second-order valence-electron chi connectivity index (χ2n) is 7.48. The Labute approximate surface area is 130 Å². The Hall–Kier alpha value is -0.160. The van der Waals surface area contributed by atoms with Gasteiger partial charge in [0.1, 0.15) is 0 Å². The fraction of sp³-hybridized carbons (Fsp3) is 1.00. The van der Waals surface area contributed by atoms with Gasteiger partial charge in [0.2, 0.25) is 0 Å². The highest BCUT2D eigenvalue weighted by atomic mass is 16.5. The minimum Gasteiger partial charge on any atom is -0.381 e. The third-order valence-corrected chi connectivity index (χ3v) is 5.71. The summed E-state index contributed by atoms with van der Waals surface area (Å²) in [7, 11) is 0. The molecule has 3 rings (SSSR count). The quantitative estimate of drug-likeness (QED) is 0.805. The molecular formula is C17H33N3O. The van der Waals surface area contributed by atoms with Gasteiger partial charge in [-0.1, -0.05) is 6.92 Å². The van der Waals surface area contributed by atoms with Gasteiger partial charge in [-0.05, 0) is 44.6 Å². The minimum absolute atomic E-state index is 0.453. The Kier molecular flexibility index (Phi) is 5.20. The Morgan fingerprint density at radius 2 is 1.95 bits per heavy atom. The van der Waals surface area contributed by atoms with Gasteiger partial charge in [-0.15, -0.1) is 0 Å². The van der Waals surface area contributed by atoms with Gasteiger partial charge < -0.3 is 10.1 Å². The van der Waals surface area contributed by atoms with Crippen LogP contribution < -0.4 is 5.32 Å². The Bertz CT molecular complexity index is 326. The zero-order valence-electron chi connectivity index (χ0n) is 13.9. The SMILES string of the molecule is CCN1CCN(CC2(CNC3CC3)CCOCC2)CC1C. The molecule has 1 N–H and O–H groups in total. The number of rotatable bonds is 6. The molecule has 2 saturated heterocycles. The normalized spacial score (nSPS) is 31.4. The zero-order valence-corrected chi connectivity index (χ0v) is 13.9. The lowest BCUT2D eigenvalue weighted by atomic mass is 9.79. The number of hydrogen-bond donors (Lipinski definition) is 1. The van der Waals surface area contributed by atoms with E-state index >= 15 is 0 Å². The molecule has 0 aromatic carbocycles. The number of ether oxygens (including phenoxy) is 1. The van der Waals surface area contributed by atoms with Crippen LogP contribution in [0.5, 0.6) is 0 Å². The van der Waals surface area contributed by atoms with Crippen LogP contribution in [0.4, 0.5) is 0 Å². The Morgan fingerprint density at radius 1 is 1.19 bits per heavy atom. The van der Waals surface area contributed by atoms with Crippen molar-refractivity contribution in [3.63, 3.8) is 0 Å². The van der Waals surface area contributed by atoms with Crippen LogP contribution in [0.25, 0.3) is 0 Å². The van der Waals surface area contributed by atoms with E-state index in [2.05, 4.69) is 29.0 Å². The van der Waals surface area contributed by atoms with Crippen molar-refractivity contribution < 1.29 is 4.74 Å². The van der Waals surface area contributed by atoms with Gasteiger partial charge >= 0.3 is 0 Å². The van der Waals surface area contributed by atoms with Crippen LogP contribution >= 0.6 is 0 Å². The first kappa shape index (κ1) is 15.7. The standard InChI is InChI=1S/C17H33N3O/c1-3-20-9-8-19(12-15(20)2)14-17(6-10-21-11-7-17)13-18-16-4-5-16/h15-16,18H,3-14H2,1-2H3. The molecule has 1 unspecified atom stereocenters. The van der Waals surface area contributed by atoms with Crippen LogP contribution in [0.1, 0.15) is 39.5 Å². The molecule has 4 nitrogen and oxygen atoms in total. The summed E-state index contributed by atoms with van der Waals surface area (Å²) in [5.41, 5.74) is 0.453. The first-order chi connectivity index (χ1) is 10.2. The van der Waals surface area contributed by atoms with Gasteiger partial charge in [-0.25, -0.2) is 0 Å². The van der Waals surface area contributed by atoms with Gasteiger partial charge in [-0.2, -0.15) is 0 Å². The van der Waals surface area contributed by atoms with Gasteiger partial charge in [0.05, 0.1) is 0 Å². The molecule has 2 heterocycles. The lowest BCUT2D eigenvalue weighted by molar-refractivity contribution is -0.0186. The molecule has 122 valence electrons. The maximum Gasteiger partial charge on any atom is 0.0472 e. The van der Waals surface area contributed by atoms with Crippen molar-refractivity contribution in [1.29, 1.82) is 0 Å². The van der Waals surface area contributed by atoms with Crippen molar-refractivity contribution >= 4 is 0 Å². The largest absolute Gasteiger partial charge is 0.381 e. The first-order valence-corrected chi connectivity index (χ1v) is 8.98. The lowest BCUT2D eigenvalue weighted by Crippen LogP contribution is -2.56.